The van der Waals surface area contributed by atoms with E-state index in [0.29, 0.717) is 5.69 Å². The van der Waals surface area contributed by atoms with E-state index in [-0.39, 0.29) is 17.9 Å². The lowest BCUT2D eigenvalue weighted by atomic mass is 9.87. The second kappa shape index (κ2) is 6.08. The molecule has 2 saturated heterocycles. The van der Waals surface area contributed by atoms with Gasteiger partial charge in [-0.15, -0.1) is 0 Å². The van der Waals surface area contributed by atoms with Crippen LogP contribution < -0.4 is 4.90 Å². The third-order valence-electron chi connectivity index (χ3n) is 5.52. The molecule has 0 radical (unpaired) electrons. The molecule has 4 rings (SSSR count). The maximum absolute atomic E-state index is 13.2. The largest absolute Gasteiger partial charge is 0.283 e. The molecule has 2 amide bonds. The number of fused-ring (bicyclic) bond motifs is 1. The average Bonchev–Trinajstić information content (AvgIpc) is 3.08. The second-order valence-corrected chi connectivity index (χ2v) is 6.99. The van der Waals surface area contributed by atoms with Gasteiger partial charge in [0.05, 0.1) is 23.6 Å². The molecule has 0 unspecified atom stereocenters. The smallest absolute Gasteiger partial charge is 0.240 e. The molecular weight excluding hydrogens is 326 g/mol. The molecule has 0 bridgehead atoms. The van der Waals surface area contributed by atoms with Crippen molar-refractivity contribution in [1.82, 2.24) is 4.90 Å². The van der Waals surface area contributed by atoms with Gasteiger partial charge < -0.3 is 0 Å². The molecule has 0 N–H and O–H groups in total. The number of hydrogen-bond acceptors (Lipinski definition) is 4. The van der Waals surface area contributed by atoms with Crippen molar-refractivity contribution >= 4 is 17.5 Å². The van der Waals surface area contributed by atoms with Crippen LogP contribution in [0.1, 0.15) is 17.2 Å². The monoisotopic (exact) mass is 345 g/mol. The number of carbonyl (C=O) groups excluding carboxylic acids is 2. The van der Waals surface area contributed by atoms with E-state index in [4.69, 9.17) is 0 Å². The Hall–Kier alpha value is -2.97. The van der Waals surface area contributed by atoms with Gasteiger partial charge in [0.25, 0.3) is 0 Å². The van der Waals surface area contributed by atoms with Crippen LogP contribution in [0.3, 0.4) is 0 Å². The number of carbonyl (C=O) groups is 2. The first kappa shape index (κ1) is 16.5. The number of imide groups is 1. The van der Waals surface area contributed by atoms with Crippen LogP contribution in [0.15, 0.2) is 54.6 Å². The van der Waals surface area contributed by atoms with Gasteiger partial charge in [0.1, 0.15) is 6.04 Å². The molecule has 0 saturated carbocycles. The fourth-order valence-electron chi connectivity index (χ4n) is 4.27. The van der Waals surface area contributed by atoms with Gasteiger partial charge in [0.15, 0.2) is 0 Å². The Balaban J connectivity index is 1.79. The van der Waals surface area contributed by atoms with Crippen molar-refractivity contribution in [3.8, 4) is 6.07 Å². The molecule has 130 valence electrons. The molecular formula is C21H19N3O2. The zero-order valence-corrected chi connectivity index (χ0v) is 14.7. The van der Waals surface area contributed by atoms with E-state index in [2.05, 4.69) is 6.07 Å². The van der Waals surface area contributed by atoms with Crippen molar-refractivity contribution in [2.75, 3.05) is 11.9 Å². The summed E-state index contributed by atoms with van der Waals surface area (Å²) in [5, 5.41) is 9.67. The fourth-order valence-corrected chi connectivity index (χ4v) is 4.27. The van der Waals surface area contributed by atoms with Crippen molar-refractivity contribution in [1.29, 1.82) is 5.26 Å². The third kappa shape index (κ3) is 2.27. The number of likely N-dealkylation sites (tertiary alicyclic amines) is 1. The van der Waals surface area contributed by atoms with Gasteiger partial charge in [-0.1, -0.05) is 48.0 Å². The van der Waals surface area contributed by atoms with Gasteiger partial charge >= 0.3 is 0 Å². The molecule has 2 heterocycles. The van der Waals surface area contributed by atoms with E-state index in [0.717, 1.165) is 11.1 Å². The minimum atomic E-state index is -0.635. The first-order chi connectivity index (χ1) is 12.5. The van der Waals surface area contributed by atoms with Crippen LogP contribution in [0.25, 0.3) is 0 Å². The summed E-state index contributed by atoms with van der Waals surface area (Å²) in [6.45, 7) is 1.96. The van der Waals surface area contributed by atoms with Crippen LogP contribution in [-0.2, 0) is 9.59 Å². The summed E-state index contributed by atoms with van der Waals surface area (Å²) in [6.07, 6.45) is 0. The normalized spacial score (nSPS) is 28.3. The number of benzene rings is 2. The SMILES string of the molecule is Cc1ccc(N2C(=O)[C@@H]3[C@H](C2=O)[C@H](C#N)N(C)[C@H]3c2ccccc2)cc1. The average molecular weight is 345 g/mol. The minimum Gasteiger partial charge on any atom is -0.283 e. The zero-order chi connectivity index (χ0) is 18.4. The van der Waals surface area contributed by atoms with Crippen LogP contribution >= 0.6 is 0 Å². The summed E-state index contributed by atoms with van der Waals surface area (Å²) in [7, 11) is 1.82. The Morgan fingerprint density at radius 2 is 1.54 bits per heavy atom. The fraction of sp³-hybridized carbons (Fsp3) is 0.286. The first-order valence-electron chi connectivity index (χ1n) is 8.65. The predicted octanol–water partition coefficient (Wildman–Crippen LogP) is 2.68. The molecule has 2 aliphatic heterocycles. The van der Waals surface area contributed by atoms with Crippen LogP contribution in [-0.4, -0.2) is 29.8 Å². The molecule has 2 aromatic carbocycles. The highest BCUT2D eigenvalue weighted by atomic mass is 16.2. The number of nitriles is 1. The molecule has 0 aromatic heterocycles. The number of rotatable bonds is 2. The van der Waals surface area contributed by atoms with Crippen molar-refractivity contribution in [2.24, 2.45) is 11.8 Å². The Labute approximate surface area is 152 Å². The molecule has 2 aromatic rings. The van der Waals surface area contributed by atoms with Crippen LogP contribution in [0, 0.1) is 30.1 Å². The molecule has 0 spiro atoms. The van der Waals surface area contributed by atoms with Crippen LogP contribution in [0.4, 0.5) is 5.69 Å². The van der Waals surface area contributed by atoms with E-state index in [1.165, 1.54) is 4.90 Å². The summed E-state index contributed by atoms with van der Waals surface area (Å²) < 4.78 is 0. The summed E-state index contributed by atoms with van der Waals surface area (Å²) in [5.41, 5.74) is 2.59. The number of amides is 2. The van der Waals surface area contributed by atoms with Crippen LogP contribution in [0.5, 0.6) is 0 Å². The topological polar surface area (TPSA) is 64.4 Å². The Kier molecular flexibility index (Phi) is 3.86. The number of nitrogens with zero attached hydrogens (tertiary/aromatic N) is 3. The number of aryl methyl sites for hydroxylation is 1. The molecule has 2 aliphatic rings. The van der Waals surface area contributed by atoms with Gasteiger partial charge in [-0.2, -0.15) is 5.26 Å². The summed E-state index contributed by atoms with van der Waals surface area (Å²) in [4.78, 5) is 29.5. The molecule has 0 aliphatic carbocycles. The van der Waals surface area contributed by atoms with E-state index in [1.54, 1.807) is 12.1 Å². The number of anilines is 1. The second-order valence-electron chi connectivity index (χ2n) is 6.99. The molecule has 5 nitrogen and oxygen atoms in total. The van der Waals surface area contributed by atoms with Gasteiger partial charge in [-0.3, -0.25) is 14.5 Å². The highest BCUT2D eigenvalue weighted by Gasteiger charge is 2.62. The van der Waals surface area contributed by atoms with Gasteiger partial charge in [-0.05, 0) is 31.7 Å². The zero-order valence-electron chi connectivity index (χ0n) is 14.7. The molecule has 5 heteroatoms. The third-order valence-corrected chi connectivity index (χ3v) is 5.52. The van der Waals surface area contributed by atoms with Gasteiger partial charge in [0.2, 0.25) is 11.8 Å². The van der Waals surface area contributed by atoms with E-state index < -0.39 is 17.9 Å². The van der Waals surface area contributed by atoms with Gasteiger partial charge in [0, 0.05) is 6.04 Å². The van der Waals surface area contributed by atoms with Crippen molar-refractivity contribution in [3.63, 3.8) is 0 Å². The lowest BCUT2D eigenvalue weighted by Crippen LogP contribution is -2.39. The molecule has 26 heavy (non-hydrogen) atoms. The van der Waals surface area contributed by atoms with Crippen molar-refractivity contribution in [3.05, 3.63) is 65.7 Å². The summed E-state index contributed by atoms with van der Waals surface area (Å²) in [6, 6.07) is 18.3. The standard InChI is InChI=1S/C21H19N3O2/c1-13-8-10-15(11-9-13)24-20(25)17-16(12-22)23(2)19(18(17)21(24)26)14-6-4-3-5-7-14/h3-11,16-19H,1-2H3/t16-,17+,18+,19-/m0/s1. The predicted molar refractivity (Wildman–Crippen MR) is 97.0 cm³/mol. The van der Waals surface area contributed by atoms with Gasteiger partial charge in [-0.25, -0.2) is 4.90 Å². The maximum Gasteiger partial charge on any atom is 0.240 e. The van der Waals surface area contributed by atoms with Crippen LogP contribution in [0.2, 0.25) is 0 Å². The number of hydrogen-bond donors (Lipinski definition) is 0. The summed E-state index contributed by atoms with van der Waals surface area (Å²) >= 11 is 0. The van der Waals surface area contributed by atoms with Crippen molar-refractivity contribution in [2.45, 2.75) is 19.0 Å². The highest BCUT2D eigenvalue weighted by molar-refractivity contribution is 6.23. The Bertz CT molecular complexity index is 901. The minimum absolute atomic E-state index is 0.220. The van der Waals surface area contributed by atoms with Crippen molar-refractivity contribution < 1.29 is 9.59 Å². The molecule has 4 atom stereocenters. The van der Waals surface area contributed by atoms with E-state index >= 15 is 0 Å². The highest BCUT2D eigenvalue weighted by Crippen LogP contribution is 2.49. The van der Waals surface area contributed by atoms with E-state index in [1.807, 2.05) is 61.3 Å². The maximum atomic E-state index is 13.2. The van der Waals surface area contributed by atoms with E-state index in [9.17, 15) is 14.9 Å². The lowest BCUT2D eigenvalue weighted by molar-refractivity contribution is -0.123. The quantitative estimate of drug-likeness (QED) is 0.785. The first-order valence-corrected chi connectivity index (χ1v) is 8.65. The Morgan fingerprint density at radius 1 is 0.923 bits per heavy atom. The molecule has 2 fully saturated rings. The lowest BCUT2D eigenvalue weighted by Gasteiger charge is -2.27. The summed E-state index contributed by atoms with van der Waals surface area (Å²) in [5.74, 6) is -1.67. The Morgan fingerprint density at radius 3 is 2.15 bits per heavy atom.